The van der Waals surface area contributed by atoms with Crippen LogP contribution in [0.4, 0.5) is 20.0 Å². The van der Waals surface area contributed by atoms with Crippen LogP contribution in [0.25, 0.3) is 0 Å². The largest absolute Gasteiger partial charge is 0.326 e. The fraction of sp³-hybridized carbons (Fsp3) is 0.188. The molecule has 27 heavy (non-hydrogen) atoms. The van der Waals surface area contributed by atoms with Gasteiger partial charge in [-0.05, 0) is 24.3 Å². The van der Waals surface area contributed by atoms with Gasteiger partial charge < -0.3 is 10.6 Å². The molecule has 1 unspecified atom stereocenters. The maximum atomic E-state index is 12.9. The molecule has 0 saturated carbocycles. The van der Waals surface area contributed by atoms with E-state index in [4.69, 9.17) is 0 Å². The highest BCUT2D eigenvalue weighted by atomic mass is 32.2. The van der Waals surface area contributed by atoms with Crippen molar-refractivity contribution < 1.29 is 23.6 Å². The summed E-state index contributed by atoms with van der Waals surface area (Å²) in [5.41, 5.74) is 0.378. The maximum Gasteiger partial charge on any atom is 0.289 e. The summed E-state index contributed by atoms with van der Waals surface area (Å²) in [6, 6.07) is 5.16. The molecule has 2 heterocycles. The van der Waals surface area contributed by atoms with E-state index in [2.05, 4.69) is 15.6 Å². The lowest BCUT2D eigenvalue weighted by Gasteiger charge is -2.13. The molecule has 1 saturated heterocycles. The first-order chi connectivity index (χ1) is 12.9. The number of amides is 4. The van der Waals surface area contributed by atoms with Crippen LogP contribution in [-0.4, -0.2) is 44.6 Å². The summed E-state index contributed by atoms with van der Waals surface area (Å²) >= 11 is 1.91. The van der Waals surface area contributed by atoms with Gasteiger partial charge in [0.15, 0.2) is 5.13 Å². The Morgan fingerprint density at radius 2 is 1.89 bits per heavy atom. The Balaban J connectivity index is 1.54. The van der Waals surface area contributed by atoms with E-state index in [1.54, 1.807) is 5.38 Å². The number of hydrogen-bond donors (Lipinski definition) is 2. The summed E-state index contributed by atoms with van der Waals surface area (Å²) < 4.78 is 12.9. The van der Waals surface area contributed by atoms with Crippen molar-refractivity contribution in [2.75, 3.05) is 17.2 Å². The van der Waals surface area contributed by atoms with Crippen molar-refractivity contribution in [1.82, 2.24) is 9.88 Å². The molecular weight excluding hydrogens is 395 g/mol. The summed E-state index contributed by atoms with van der Waals surface area (Å²) in [5, 5.41) is 5.55. The first kappa shape index (κ1) is 19.0. The van der Waals surface area contributed by atoms with Crippen LogP contribution < -0.4 is 10.6 Å². The molecule has 4 amide bonds. The third-order valence-corrected chi connectivity index (χ3v) is 5.25. The molecule has 2 aromatic rings. The molecule has 8 nitrogen and oxygen atoms in total. The van der Waals surface area contributed by atoms with Crippen molar-refractivity contribution in [3.05, 3.63) is 41.7 Å². The van der Waals surface area contributed by atoms with Gasteiger partial charge in [-0.15, -0.1) is 11.3 Å². The van der Waals surface area contributed by atoms with Gasteiger partial charge >= 0.3 is 0 Å². The average molecular weight is 408 g/mol. The third-order valence-electron chi connectivity index (χ3n) is 3.48. The first-order valence-corrected chi connectivity index (χ1v) is 9.45. The van der Waals surface area contributed by atoms with Crippen LogP contribution in [0, 0.1) is 5.82 Å². The second kappa shape index (κ2) is 8.27. The van der Waals surface area contributed by atoms with E-state index in [1.807, 2.05) is 0 Å². The van der Waals surface area contributed by atoms with Crippen LogP contribution in [0.2, 0.25) is 0 Å². The molecule has 3 rings (SSSR count). The number of hydrogen-bond acceptors (Lipinski definition) is 7. The van der Waals surface area contributed by atoms with Gasteiger partial charge in [-0.3, -0.25) is 24.1 Å². The summed E-state index contributed by atoms with van der Waals surface area (Å²) in [6.45, 7) is -0.444. The lowest BCUT2D eigenvalue weighted by atomic mass is 10.2. The fourth-order valence-corrected chi connectivity index (χ4v) is 3.81. The summed E-state index contributed by atoms with van der Waals surface area (Å²) in [7, 11) is 0. The van der Waals surface area contributed by atoms with Crippen molar-refractivity contribution in [2.45, 2.75) is 11.7 Å². The number of rotatable bonds is 6. The number of benzene rings is 1. The molecular formula is C16H13FN4O4S2. The van der Waals surface area contributed by atoms with Gasteiger partial charge in [-0.1, -0.05) is 11.8 Å². The van der Waals surface area contributed by atoms with Crippen LogP contribution in [0.15, 0.2) is 35.8 Å². The second-order valence-corrected chi connectivity index (χ2v) is 7.49. The number of imide groups is 1. The summed E-state index contributed by atoms with van der Waals surface area (Å²) in [6.07, 6.45) is 1.27. The van der Waals surface area contributed by atoms with E-state index in [-0.39, 0.29) is 6.42 Å². The lowest BCUT2D eigenvalue weighted by Crippen LogP contribution is -2.38. The van der Waals surface area contributed by atoms with Crippen molar-refractivity contribution in [1.29, 1.82) is 0 Å². The highest BCUT2D eigenvalue weighted by Crippen LogP contribution is 2.29. The van der Waals surface area contributed by atoms with Gasteiger partial charge in [0.05, 0.1) is 0 Å². The predicted octanol–water partition coefficient (Wildman–Crippen LogP) is 2.31. The second-order valence-electron chi connectivity index (χ2n) is 5.44. The molecule has 1 aromatic heterocycles. The molecule has 0 bridgehead atoms. The van der Waals surface area contributed by atoms with Gasteiger partial charge in [0.2, 0.25) is 17.7 Å². The molecule has 1 aliphatic rings. The zero-order chi connectivity index (χ0) is 19.4. The zero-order valence-electron chi connectivity index (χ0n) is 13.7. The Morgan fingerprint density at radius 3 is 2.56 bits per heavy atom. The number of aromatic nitrogens is 1. The standard InChI is InChI=1S/C16H13FN4O4S2/c17-9-1-3-10(4-2-9)19-12(22)7-11-14(24)21(16(25)27-11)8-13(23)20-15-18-5-6-26-15/h1-6,11H,7-8H2,(H,19,22)(H,18,20,23). The summed E-state index contributed by atoms with van der Waals surface area (Å²) in [5.74, 6) is -2.08. The lowest BCUT2D eigenvalue weighted by molar-refractivity contribution is -0.131. The average Bonchev–Trinajstić information content (AvgIpc) is 3.21. The van der Waals surface area contributed by atoms with Crippen LogP contribution in [-0.2, 0) is 14.4 Å². The van der Waals surface area contributed by atoms with E-state index in [0.717, 1.165) is 4.90 Å². The number of nitrogens with zero attached hydrogens (tertiary/aromatic N) is 2. The topological polar surface area (TPSA) is 108 Å². The number of thiazole rings is 1. The highest BCUT2D eigenvalue weighted by Gasteiger charge is 2.41. The SMILES string of the molecule is O=C(CC1SC(=O)N(CC(=O)Nc2nccs2)C1=O)Nc1ccc(F)cc1. The van der Waals surface area contributed by atoms with Crippen molar-refractivity contribution in [2.24, 2.45) is 0 Å². The van der Waals surface area contributed by atoms with Gasteiger partial charge in [-0.2, -0.15) is 0 Å². The Kier molecular flexibility index (Phi) is 5.81. The molecule has 11 heteroatoms. The van der Waals surface area contributed by atoms with Crippen molar-refractivity contribution in [3.63, 3.8) is 0 Å². The predicted molar refractivity (Wildman–Crippen MR) is 98.9 cm³/mol. The van der Waals surface area contributed by atoms with E-state index in [9.17, 15) is 23.6 Å². The smallest absolute Gasteiger partial charge is 0.289 e. The number of carbonyl (C=O) groups is 4. The van der Waals surface area contributed by atoms with Gasteiger partial charge in [0.1, 0.15) is 17.6 Å². The van der Waals surface area contributed by atoms with E-state index in [0.29, 0.717) is 22.6 Å². The van der Waals surface area contributed by atoms with Crippen LogP contribution in [0.5, 0.6) is 0 Å². The Labute approximate surface area is 161 Å². The Bertz CT molecular complexity index is 873. The molecule has 1 atom stereocenters. The Hall–Kier alpha value is -2.79. The van der Waals surface area contributed by atoms with Gasteiger partial charge in [0.25, 0.3) is 5.24 Å². The Morgan fingerprint density at radius 1 is 1.15 bits per heavy atom. The molecule has 140 valence electrons. The monoisotopic (exact) mass is 408 g/mol. The van der Waals surface area contributed by atoms with E-state index in [1.165, 1.54) is 41.8 Å². The molecule has 0 aliphatic carbocycles. The molecule has 0 spiro atoms. The van der Waals surface area contributed by atoms with Crippen LogP contribution >= 0.6 is 23.1 Å². The minimum Gasteiger partial charge on any atom is -0.326 e. The quantitative estimate of drug-likeness (QED) is 0.759. The maximum absolute atomic E-state index is 12.9. The normalized spacial score (nSPS) is 16.5. The zero-order valence-corrected chi connectivity index (χ0v) is 15.3. The molecule has 0 radical (unpaired) electrons. The number of halogens is 1. The highest BCUT2D eigenvalue weighted by molar-refractivity contribution is 8.15. The first-order valence-electron chi connectivity index (χ1n) is 7.69. The number of carbonyl (C=O) groups excluding carboxylic acids is 4. The van der Waals surface area contributed by atoms with Crippen molar-refractivity contribution >= 4 is 56.9 Å². The number of anilines is 2. The molecule has 1 aliphatic heterocycles. The third kappa shape index (κ3) is 4.89. The number of nitrogens with one attached hydrogen (secondary N) is 2. The fourth-order valence-electron chi connectivity index (χ4n) is 2.27. The van der Waals surface area contributed by atoms with E-state index < -0.39 is 40.6 Å². The van der Waals surface area contributed by atoms with Crippen LogP contribution in [0.3, 0.4) is 0 Å². The van der Waals surface area contributed by atoms with E-state index >= 15 is 0 Å². The van der Waals surface area contributed by atoms with Gasteiger partial charge in [-0.25, -0.2) is 9.37 Å². The van der Waals surface area contributed by atoms with Crippen LogP contribution in [0.1, 0.15) is 6.42 Å². The summed E-state index contributed by atoms with van der Waals surface area (Å²) in [4.78, 5) is 53.1. The van der Waals surface area contributed by atoms with Gasteiger partial charge in [0, 0.05) is 23.7 Å². The minimum atomic E-state index is -0.911. The number of thioether (sulfide) groups is 1. The molecule has 1 aromatic carbocycles. The molecule has 1 fully saturated rings. The minimum absolute atomic E-state index is 0.239. The van der Waals surface area contributed by atoms with Crippen molar-refractivity contribution in [3.8, 4) is 0 Å². The molecule has 2 N–H and O–H groups in total.